The predicted molar refractivity (Wildman–Crippen MR) is 93.9 cm³/mol. The first-order valence-corrected chi connectivity index (χ1v) is 8.43. The maximum atomic E-state index is 5.55. The van der Waals surface area contributed by atoms with Crippen molar-refractivity contribution >= 4 is 0 Å². The molecule has 0 amide bonds. The van der Waals surface area contributed by atoms with Crippen LogP contribution >= 0.6 is 0 Å². The Morgan fingerprint density at radius 1 is 1.22 bits per heavy atom. The fourth-order valence-corrected chi connectivity index (χ4v) is 3.33. The van der Waals surface area contributed by atoms with E-state index in [1.54, 1.807) is 7.11 Å². The highest BCUT2D eigenvalue weighted by atomic mass is 16.5. The monoisotopic (exact) mass is 310 g/mol. The predicted octanol–water partition coefficient (Wildman–Crippen LogP) is 4.79. The number of fused-ring (bicyclic) bond motifs is 1. The number of nitrogens with zero attached hydrogens (tertiary/aromatic N) is 2. The van der Waals surface area contributed by atoms with Gasteiger partial charge in [-0.2, -0.15) is 0 Å². The lowest BCUT2D eigenvalue weighted by Crippen LogP contribution is -2.23. The number of benzene rings is 1. The van der Waals surface area contributed by atoms with Gasteiger partial charge in [-0.05, 0) is 47.8 Å². The summed E-state index contributed by atoms with van der Waals surface area (Å²) in [6.07, 6.45) is 5.31. The van der Waals surface area contributed by atoms with E-state index in [4.69, 9.17) is 9.72 Å². The van der Waals surface area contributed by atoms with Gasteiger partial charge >= 0.3 is 0 Å². The van der Waals surface area contributed by atoms with Gasteiger partial charge in [-0.25, -0.2) is 9.97 Å². The lowest BCUT2D eigenvalue weighted by Gasteiger charge is -2.30. The minimum Gasteiger partial charge on any atom is -0.496 e. The smallest absolute Gasteiger partial charge is 0.159 e. The first kappa shape index (κ1) is 16.0. The largest absolute Gasteiger partial charge is 0.496 e. The van der Waals surface area contributed by atoms with Crippen LogP contribution in [0.1, 0.15) is 56.9 Å². The number of rotatable bonds is 3. The minimum absolute atomic E-state index is 0.361. The van der Waals surface area contributed by atoms with E-state index >= 15 is 0 Å². The molecule has 1 aromatic heterocycles. The van der Waals surface area contributed by atoms with Crippen LogP contribution in [0.25, 0.3) is 11.4 Å². The molecular formula is C20H26N2O. The molecule has 0 N–H and O–H groups in total. The molecule has 1 aliphatic carbocycles. The van der Waals surface area contributed by atoms with Crippen LogP contribution in [0.5, 0.6) is 5.75 Å². The van der Waals surface area contributed by atoms with Crippen LogP contribution in [0.4, 0.5) is 0 Å². The molecule has 23 heavy (non-hydrogen) atoms. The molecule has 3 rings (SSSR count). The molecule has 0 bridgehead atoms. The van der Waals surface area contributed by atoms with Crippen LogP contribution in [-0.4, -0.2) is 17.1 Å². The van der Waals surface area contributed by atoms with Crippen LogP contribution in [0, 0.1) is 5.41 Å². The number of methoxy groups -OCH3 is 1. The van der Waals surface area contributed by atoms with Crippen LogP contribution in [0.3, 0.4) is 0 Å². The Kier molecular flexibility index (Phi) is 4.13. The average molecular weight is 310 g/mol. The van der Waals surface area contributed by atoms with Crippen molar-refractivity contribution in [2.75, 3.05) is 7.11 Å². The molecule has 0 fully saturated rings. The zero-order chi connectivity index (χ0) is 16.6. The van der Waals surface area contributed by atoms with E-state index in [1.165, 1.54) is 23.2 Å². The number of hydrogen-bond donors (Lipinski definition) is 0. The van der Waals surface area contributed by atoms with Crippen molar-refractivity contribution in [1.82, 2.24) is 9.97 Å². The van der Waals surface area contributed by atoms with Crippen molar-refractivity contribution < 1.29 is 4.74 Å². The van der Waals surface area contributed by atoms with Crippen molar-refractivity contribution in [3.8, 4) is 17.1 Å². The van der Waals surface area contributed by atoms with E-state index in [0.29, 0.717) is 11.3 Å². The van der Waals surface area contributed by atoms with Gasteiger partial charge in [0.1, 0.15) is 5.75 Å². The van der Waals surface area contributed by atoms with E-state index < -0.39 is 0 Å². The van der Waals surface area contributed by atoms with Crippen LogP contribution in [0.15, 0.2) is 24.4 Å². The Hall–Kier alpha value is -1.90. The van der Waals surface area contributed by atoms with Crippen molar-refractivity contribution in [2.24, 2.45) is 5.41 Å². The molecule has 3 heteroatoms. The summed E-state index contributed by atoms with van der Waals surface area (Å²) in [5.41, 5.74) is 5.12. The van der Waals surface area contributed by atoms with Gasteiger partial charge in [0.05, 0.1) is 7.11 Å². The van der Waals surface area contributed by atoms with Gasteiger partial charge in [-0.15, -0.1) is 0 Å². The van der Waals surface area contributed by atoms with E-state index in [0.717, 1.165) is 30.0 Å². The summed E-state index contributed by atoms with van der Waals surface area (Å²) in [5.74, 6) is 2.16. The van der Waals surface area contributed by atoms with Crippen LogP contribution < -0.4 is 4.74 Å². The first-order chi connectivity index (χ1) is 10.9. The summed E-state index contributed by atoms with van der Waals surface area (Å²) in [6, 6.07) is 6.29. The van der Waals surface area contributed by atoms with Gasteiger partial charge in [0, 0.05) is 17.5 Å². The van der Waals surface area contributed by atoms with Gasteiger partial charge in [0.15, 0.2) is 5.82 Å². The molecule has 0 radical (unpaired) electrons. The van der Waals surface area contributed by atoms with Crippen molar-refractivity contribution in [2.45, 2.75) is 52.9 Å². The quantitative estimate of drug-likeness (QED) is 0.817. The molecule has 3 nitrogen and oxygen atoms in total. The van der Waals surface area contributed by atoms with E-state index in [2.05, 4.69) is 50.9 Å². The van der Waals surface area contributed by atoms with E-state index in [1.807, 2.05) is 6.20 Å². The van der Waals surface area contributed by atoms with Crippen LogP contribution in [0.2, 0.25) is 0 Å². The minimum atomic E-state index is 0.361. The summed E-state index contributed by atoms with van der Waals surface area (Å²) in [7, 11) is 1.72. The van der Waals surface area contributed by atoms with E-state index in [-0.39, 0.29) is 0 Å². The molecule has 122 valence electrons. The van der Waals surface area contributed by atoms with Crippen molar-refractivity contribution in [3.63, 3.8) is 0 Å². The molecule has 2 aromatic rings. The van der Waals surface area contributed by atoms with Gasteiger partial charge in [-0.1, -0.05) is 39.8 Å². The van der Waals surface area contributed by atoms with Gasteiger partial charge in [0.2, 0.25) is 0 Å². The summed E-state index contributed by atoms with van der Waals surface area (Å²) < 4.78 is 5.55. The number of hydrogen-bond acceptors (Lipinski definition) is 3. The molecule has 1 aromatic carbocycles. The summed E-state index contributed by atoms with van der Waals surface area (Å²) in [5, 5.41) is 0. The third-order valence-electron chi connectivity index (χ3n) is 4.78. The molecule has 0 aliphatic heterocycles. The summed E-state index contributed by atoms with van der Waals surface area (Å²) >= 11 is 0. The lowest BCUT2D eigenvalue weighted by molar-refractivity contribution is 0.311. The van der Waals surface area contributed by atoms with Gasteiger partial charge < -0.3 is 4.74 Å². The second-order valence-electron chi connectivity index (χ2n) is 7.62. The Labute approximate surface area is 139 Å². The molecule has 0 unspecified atom stereocenters. The Morgan fingerprint density at radius 2 is 2.00 bits per heavy atom. The van der Waals surface area contributed by atoms with Gasteiger partial charge in [0.25, 0.3) is 0 Å². The second-order valence-corrected chi connectivity index (χ2v) is 7.62. The Bertz CT molecular complexity index is 720. The molecule has 0 saturated heterocycles. The highest BCUT2D eigenvalue weighted by Crippen LogP contribution is 2.35. The molecule has 1 aliphatic rings. The second kappa shape index (κ2) is 5.95. The molecular weight excluding hydrogens is 284 g/mol. The Morgan fingerprint density at radius 3 is 2.70 bits per heavy atom. The third kappa shape index (κ3) is 3.24. The Balaban J connectivity index is 1.97. The summed E-state index contributed by atoms with van der Waals surface area (Å²) in [4.78, 5) is 9.44. The fraction of sp³-hybridized carbons (Fsp3) is 0.500. The van der Waals surface area contributed by atoms with E-state index in [9.17, 15) is 0 Å². The number of aryl methyl sites for hydroxylation is 1. The standard InChI is InChI=1S/C20H26N2O/c1-13(2)16-7-6-14(10-18(16)23-5)19-21-12-15-11-20(3,4)9-8-17(15)22-19/h6-7,10,12-13H,8-9,11H2,1-5H3. The molecule has 0 atom stereocenters. The maximum Gasteiger partial charge on any atom is 0.159 e. The molecule has 0 saturated carbocycles. The fourth-order valence-electron chi connectivity index (χ4n) is 3.33. The SMILES string of the molecule is COc1cc(-c2ncc3c(n2)CCC(C)(C)C3)ccc1C(C)C. The molecule has 0 spiro atoms. The van der Waals surface area contributed by atoms with Crippen molar-refractivity contribution in [1.29, 1.82) is 0 Å². The lowest BCUT2D eigenvalue weighted by atomic mass is 9.76. The van der Waals surface area contributed by atoms with Crippen molar-refractivity contribution in [3.05, 3.63) is 41.2 Å². The average Bonchev–Trinajstić information content (AvgIpc) is 2.52. The van der Waals surface area contributed by atoms with Gasteiger partial charge in [-0.3, -0.25) is 0 Å². The van der Waals surface area contributed by atoms with Crippen LogP contribution in [-0.2, 0) is 12.8 Å². The highest BCUT2D eigenvalue weighted by Gasteiger charge is 2.26. The third-order valence-corrected chi connectivity index (χ3v) is 4.78. The summed E-state index contributed by atoms with van der Waals surface area (Å²) in [6.45, 7) is 8.99. The normalized spacial score (nSPS) is 16.3. The first-order valence-electron chi connectivity index (χ1n) is 8.43. The number of aromatic nitrogens is 2. The topological polar surface area (TPSA) is 35.0 Å². The maximum absolute atomic E-state index is 5.55. The zero-order valence-corrected chi connectivity index (χ0v) is 14.8. The number of ether oxygens (including phenoxy) is 1. The zero-order valence-electron chi connectivity index (χ0n) is 14.8. The highest BCUT2D eigenvalue weighted by molar-refractivity contribution is 5.60. The molecule has 1 heterocycles.